The molecule has 0 atom stereocenters. The zero-order valence-corrected chi connectivity index (χ0v) is 12.9. The van der Waals surface area contributed by atoms with Crippen LogP contribution < -0.4 is 20.1 Å². The lowest BCUT2D eigenvalue weighted by Gasteiger charge is -2.19. The summed E-state index contributed by atoms with van der Waals surface area (Å²) in [6, 6.07) is 10.2. The number of rotatable bonds is 5. The van der Waals surface area contributed by atoms with Crippen molar-refractivity contribution in [1.29, 1.82) is 0 Å². The third kappa shape index (κ3) is 3.07. The first kappa shape index (κ1) is 15.6. The van der Waals surface area contributed by atoms with Gasteiger partial charge in [-0.1, -0.05) is 18.2 Å². The molecule has 1 amide bonds. The second-order valence-electron chi connectivity index (χ2n) is 5.12. The van der Waals surface area contributed by atoms with Crippen LogP contribution in [0.1, 0.15) is 5.56 Å². The van der Waals surface area contributed by atoms with E-state index in [4.69, 9.17) is 9.47 Å². The topological polar surface area (TPSA) is 103 Å². The molecule has 0 unspecified atom stereocenters. The van der Waals surface area contributed by atoms with Crippen LogP contribution in [0.25, 0.3) is 0 Å². The highest BCUT2D eigenvalue weighted by Crippen LogP contribution is 2.38. The van der Waals surface area contributed by atoms with E-state index in [2.05, 4.69) is 10.6 Å². The lowest BCUT2D eigenvalue weighted by molar-refractivity contribution is -0.384. The molecule has 8 heteroatoms. The SMILES string of the molecule is COc1ccccc1CNc1cc2c(cc1[N+](=O)[O-])OCC(=O)N2. The van der Waals surface area contributed by atoms with E-state index in [0.29, 0.717) is 18.0 Å². The summed E-state index contributed by atoms with van der Waals surface area (Å²) in [6.07, 6.45) is 0. The van der Waals surface area contributed by atoms with Crippen LogP contribution in [0, 0.1) is 10.1 Å². The molecule has 1 aliphatic rings. The van der Waals surface area contributed by atoms with E-state index in [1.807, 2.05) is 24.3 Å². The molecule has 0 fully saturated rings. The molecule has 2 aromatic carbocycles. The molecule has 0 aliphatic carbocycles. The Bertz CT molecular complexity index is 806. The lowest BCUT2D eigenvalue weighted by atomic mass is 10.1. The summed E-state index contributed by atoms with van der Waals surface area (Å²) in [7, 11) is 1.56. The number of carbonyl (C=O) groups is 1. The Hall–Kier alpha value is -3.29. The first-order valence-corrected chi connectivity index (χ1v) is 7.19. The van der Waals surface area contributed by atoms with Gasteiger partial charge in [0, 0.05) is 12.1 Å². The normalized spacial score (nSPS) is 12.6. The molecule has 2 N–H and O–H groups in total. The van der Waals surface area contributed by atoms with Crippen LogP contribution >= 0.6 is 0 Å². The van der Waals surface area contributed by atoms with Gasteiger partial charge in [-0.15, -0.1) is 0 Å². The second kappa shape index (κ2) is 6.45. The van der Waals surface area contributed by atoms with Crippen molar-refractivity contribution in [3.63, 3.8) is 0 Å². The Balaban J connectivity index is 1.90. The predicted octanol–water partition coefficient (Wildman–Crippen LogP) is 2.55. The van der Waals surface area contributed by atoms with Gasteiger partial charge < -0.3 is 20.1 Å². The van der Waals surface area contributed by atoms with Crippen molar-refractivity contribution < 1.29 is 19.2 Å². The molecular weight excluding hydrogens is 314 g/mol. The third-order valence-corrected chi connectivity index (χ3v) is 3.59. The maximum atomic E-state index is 11.4. The number of carbonyl (C=O) groups excluding carboxylic acids is 1. The van der Waals surface area contributed by atoms with Crippen LogP contribution in [-0.2, 0) is 11.3 Å². The number of anilines is 2. The third-order valence-electron chi connectivity index (χ3n) is 3.59. The molecule has 8 nitrogen and oxygen atoms in total. The van der Waals surface area contributed by atoms with Crippen LogP contribution in [0.5, 0.6) is 11.5 Å². The molecule has 0 saturated heterocycles. The highest BCUT2D eigenvalue weighted by atomic mass is 16.6. The van der Waals surface area contributed by atoms with Gasteiger partial charge in [-0.05, 0) is 12.1 Å². The zero-order valence-electron chi connectivity index (χ0n) is 12.9. The van der Waals surface area contributed by atoms with Gasteiger partial charge in [0.2, 0.25) is 0 Å². The van der Waals surface area contributed by atoms with Gasteiger partial charge >= 0.3 is 0 Å². The number of nitrogens with one attached hydrogen (secondary N) is 2. The average molecular weight is 329 g/mol. The molecule has 1 heterocycles. The summed E-state index contributed by atoms with van der Waals surface area (Å²) >= 11 is 0. The first-order valence-electron chi connectivity index (χ1n) is 7.19. The molecule has 0 saturated carbocycles. The van der Waals surface area contributed by atoms with Crippen LogP contribution in [0.3, 0.4) is 0 Å². The lowest BCUT2D eigenvalue weighted by Crippen LogP contribution is -2.25. The number of fused-ring (bicyclic) bond motifs is 1. The highest BCUT2D eigenvalue weighted by molar-refractivity contribution is 5.96. The molecule has 0 aromatic heterocycles. The van der Waals surface area contributed by atoms with E-state index >= 15 is 0 Å². The fourth-order valence-electron chi connectivity index (χ4n) is 2.45. The maximum Gasteiger partial charge on any atom is 0.296 e. The Morgan fingerprint density at radius 1 is 1.38 bits per heavy atom. The van der Waals surface area contributed by atoms with E-state index in [0.717, 1.165) is 5.56 Å². The van der Waals surface area contributed by atoms with Crippen LogP contribution in [-0.4, -0.2) is 24.5 Å². The number of hydrogen-bond donors (Lipinski definition) is 2. The maximum absolute atomic E-state index is 11.4. The number of hydrogen-bond acceptors (Lipinski definition) is 6. The molecule has 0 spiro atoms. The number of nitrogens with zero attached hydrogens (tertiary/aromatic N) is 1. The minimum atomic E-state index is -0.495. The molecule has 1 aliphatic heterocycles. The summed E-state index contributed by atoms with van der Waals surface area (Å²) in [5.41, 5.74) is 1.42. The van der Waals surface area contributed by atoms with Crippen molar-refractivity contribution >= 4 is 23.0 Å². The van der Waals surface area contributed by atoms with Gasteiger partial charge in [0.05, 0.1) is 23.8 Å². The standard InChI is InChI=1S/C16H15N3O5/c1-23-14-5-3-2-4-10(14)8-17-11-6-12-15(7-13(11)19(21)22)24-9-16(20)18-12/h2-7,17H,8-9H2,1H3,(H,18,20). The van der Waals surface area contributed by atoms with Gasteiger partial charge in [0.15, 0.2) is 12.4 Å². The highest BCUT2D eigenvalue weighted by Gasteiger charge is 2.23. The number of benzene rings is 2. The quantitative estimate of drug-likeness (QED) is 0.645. The number of nitro groups is 1. The van der Waals surface area contributed by atoms with Crippen molar-refractivity contribution in [2.75, 3.05) is 24.4 Å². The van der Waals surface area contributed by atoms with Crippen molar-refractivity contribution in [3.8, 4) is 11.5 Å². The molecule has 0 bridgehead atoms. The molecule has 24 heavy (non-hydrogen) atoms. The summed E-state index contributed by atoms with van der Waals surface area (Å²) < 4.78 is 10.5. The van der Waals surface area contributed by atoms with Crippen molar-refractivity contribution in [3.05, 3.63) is 52.1 Å². The monoisotopic (exact) mass is 329 g/mol. The zero-order chi connectivity index (χ0) is 17.1. The number of nitro benzene ring substituents is 1. The Kier molecular flexibility index (Phi) is 4.19. The smallest absolute Gasteiger partial charge is 0.296 e. The van der Waals surface area contributed by atoms with Gasteiger partial charge in [-0.3, -0.25) is 14.9 Å². The minimum absolute atomic E-state index is 0.125. The Labute approximate surface area is 137 Å². The van der Waals surface area contributed by atoms with Gasteiger partial charge in [-0.25, -0.2) is 0 Å². The van der Waals surface area contributed by atoms with E-state index in [1.165, 1.54) is 12.1 Å². The van der Waals surface area contributed by atoms with E-state index in [1.54, 1.807) is 7.11 Å². The van der Waals surface area contributed by atoms with Crippen LogP contribution in [0.4, 0.5) is 17.1 Å². The van der Waals surface area contributed by atoms with Crippen molar-refractivity contribution in [2.45, 2.75) is 6.54 Å². The molecule has 2 aromatic rings. The summed E-state index contributed by atoms with van der Waals surface area (Å²) in [5, 5.41) is 17.0. The minimum Gasteiger partial charge on any atom is -0.496 e. The van der Waals surface area contributed by atoms with Gasteiger partial charge in [0.25, 0.3) is 11.6 Å². The molecular formula is C16H15N3O5. The van der Waals surface area contributed by atoms with Crippen molar-refractivity contribution in [2.24, 2.45) is 0 Å². The van der Waals surface area contributed by atoms with E-state index in [-0.39, 0.29) is 29.6 Å². The van der Waals surface area contributed by atoms with Crippen LogP contribution in [0.2, 0.25) is 0 Å². The largest absolute Gasteiger partial charge is 0.496 e. The second-order valence-corrected chi connectivity index (χ2v) is 5.12. The summed E-state index contributed by atoms with van der Waals surface area (Å²) in [6.45, 7) is 0.177. The first-order chi connectivity index (χ1) is 11.6. The number of amides is 1. The van der Waals surface area contributed by atoms with Gasteiger partial charge in [0.1, 0.15) is 11.4 Å². The molecule has 124 valence electrons. The average Bonchev–Trinajstić information content (AvgIpc) is 2.59. The van der Waals surface area contributed by atoms with Crippen LogP contribution in [0.15, 0.2) is 36.4 Å². The Morgan fingerprint density at radius 2 is 2.17 bits per heavy atom. The Morgan fingerprint density at radius 3 is 2.92 bits per heavy atom. The fraction of sp³-hybridized carbons (Fsp3) is 0.188. The summed E-state index contributed by atoms with van der Waals surface area (Å²) in [5.74, 6) is 0.665. The predicted molar refractivity (Wildman–Crippen MR) is 87.5 cm³/mol. The number of para-hydroxylation sites is 1. The van der Waals surface area contributed by atoms with Gasteiger partial charge in [-0.2, -0.15) is 0 Å². The molecule has 3 rings (SSSR count). The number of methoxy groups -OCH3 is 1. The van der Waals surface area contributed by atoms with E-state index in [9.17, 15) is 14.9 Å². The van der Waals surface area contributed by atoms with E-state index < -0.39 is 4.92 Å². The van der Waals surface area contributed by atoms with Crippen molar-refractivity contribution in [1.82, 2.24) is 0 Å². The number of ether oxygens (including phenoxy) is 2. The summed E-state index contributed by atoms with van der Waals surface area (Å²) in [4.78, 5) is 22.2. The molecule has 0 radical (unpaired) electrons. The fourth-order valence-corrected chi connectivity index (χ4v) is 2.45.